The van der Waals surface area contributed by atoms with Gasteiger partial charge in [-0.05, 0) is 131 Å². The molecule has 2 aliphatic rings. The van der Waals surface area contributed by atoms with Crippen molar-refractivity contribution >= 4 is 43.5 Å². The summed E-state index contributed by atoms with van der Waals surface area (Å²) in [5, 5.41) is 7.76. The number of pyridine rings is 2. The van der Waals surface area contributed by atoms with Crippen LogP contribution in [0.1, 0.15) is 42.5 Å². The summed E-state index contributed by atoms with van der Waals surface area (Å²) in [6.45, 7) is 2.32. The van der Waals surface area contributed by atoms with E-state index in [0.717, 1.165) is 24.1 Å². The van der Waals surface area contributed by atoms with E-state index in [1.54, 1.807) is 0 Å². The first-order valence-electron chi connectivity index (χ1n) is 19.4. The Morgan fingerprint density at radius 3 is 1.87 bits per heavy atom. The second-order valence-corrected chi connectivity index (χ2v) is 14.8. The van der Waals surface area contributed by atoms with Gasteiger partial charge in [0, 0.05) is 30.2 Å². The Kier molecular flexibility index (Phi) is 8.37. The lowest BCUT2D eigenvalue weighted by Crippen LogP contribution is -2.16. The third kappa shape index (κ3) is 5.82. The van der Waals surface area contributed by atoms with E-state index < -0.39 is 0 Å². The average molecular weight is 705 g/mol. The first-order chi connectivity index (χ1) is 27.2. The van der Waals surface area contributed by atoms with Crippen molar-refractivity contribution in [1.29, 1.82) is 0 Å². The van der Waals surface area contributed by atoms with Crippen molar-refractivity contribution in [3.8, 4) is 22.3 Å². The molecule has 0 spiro atoms. The highest BCUT2D eigenvalue weighted by atomic mass is 14.7. The minimum Gasteiger partial charge on any atom is -0.264 e. The number of hydrogen-bond acceptors (Lipinski definition) is 2. The van der Waals surface area contributed by atoms with Crippen LogP contribution in [0.25, 0.3) is 65.7 Å². The van der Waals surface area contributed by atoms with E-state index in [4.69, 9.17) is 4.98 Å². The van der Waals surface area contributed by atoms with Crippen molar-refractivity contribution in [2.45, 2.75) is 25.7 Å². The molecule has 0 saturated heterocycles. The molecule has 2 aliphatic carbocycles. The van der Waals surface area contributed by atoms with E-state index in [1.165, 1.54) is 82.4 Å². The van der Waals surface area contributed by atoms with Gasteiger partial charge in [0.2, 0.25) is 0 Å². The number of aromatic nitrogens is 2. The number of rotatable bonds is 6. The molecule has 0 fully saturated rings. The van der Waals surface area contributed by atoms with Crippen LogP contribution in [0.15, 0.2) is 200 Å². The van der Waals surface area contributed by atoms with Crippen LogP contribution < -0.4 is 0 Å². The predicted molar refractivity (Wildman–Crippen MR) is 232 cm³/mol. The van der Waals surface area contributed by atoms with Gasteiger partial charge in [0.15, 0.2) is 0 Å². The molecule has 0 radical (unpaired) electrons. The molecule has 2 aromatic heterocycles. The van der Waals surface area contributed by atoms with Crippen molar-refractivity contribution in [1.82, 2.24) is 9.97 Å². The summed E-state index contributed by atoms with van der Waals surface area (Å²) >= 11 is 0. The number of benzene rings is 6. The quantitative estimate of drug-likeness (QED) is 0.161. The topological polar surface area (TPSA) is 25.8 Å². The van der Waals surface area contributed by atoms with Crippen LogP contribution in [0.2, 0.25) is 0 Å². The summed E-state index contributed by atoms with van der Waals surface area (Å²) in [5.74, 6) is 0.383. The third-order valence-electron chi connectivity index (χ3n) is 11.7. The van der Waals surface area contributed by atoms with Crippen molar-refractivity contribution < 1.29 is 0 Å². The molecule has 0 bridgehead atoms. The van der Waals surface area contributed by atoms with Crippen LogP contribution in [0.4, 0.5) is 0 Å². The molecule has 2 nitrogen and oxygen atoms in total. The summed E-state index contributed by atoms with van der Waals surface area (Å²) in [6, 6.07) is 53.2. The van der Waals surface area contributed by atoms with Crippen LogP contribution in [0.5, 0.6) is 0 Å². The van der Waals surface area contributed by atoms with E-state index >= 15 is 0 Å². The van der Waals surface area contributed by atoms with E-state index in [2.05, 4.69) is 170 Å². The highest BCUT2D eigenvalue weighted by molar-refractivity contribution is 6.25. The second kappa shape index (κ2) is 14.0. The molecule has 8 aromatic rings. The summed E-state index contributed by atoms with van der Waals surface area (Å²) in [7, 11) is 0. The molecule has 0 N–H and O–H groups in total. The smallest absolute Gasteiger partial charge is 0.0478 e. The minimum absolute atomic E-state index is 0.137. The summed E-state index contributed by atoms with van der Waals surface area (Å²) in [6.07, 6.45) is 17.3. The third-order valence-corrected chi connectivity index (χ3v) is 11.7. The molecule has 0 aliphatic heterocycles. The molecule has 262 valence electrons. The number of nitrogens with zero attached hydrogens (tertiary/aromatic N) is 2. The largest absolute Gasteiger partial charge is 0.264 e. The lowest BCUT2D eigenvalue weighted by molar-refractivity contribution is 0.633. The summed E-state index contributed by atoms with van der Waals surface area (Å²) in [5.41, 5.74) is 13.7. The fourth-order valence-corrected chi connectivity index (χ4v) is 9.08. The Morgan fingerprint density at radius 2 is 1.18 bits per heavy atom. The van der Waals surface area contributed by atoms with Crippen LogP contribution in [-0.2, 0) is 0 Å². The Morgan fingerprint density at radius 1 is 0.545 bits per heavy atom. The number of hydrogen-bond donors (Lipinski definition) is 0. The minimum atomic E-state index is 0.137. The highest BCUT2D eigenvalue weighted by Crippen LogP contribution is 2.46. The van der Waals surface area contributed by atoms with Gasteiger partial charge in [-0.25, -0.2) is 0 Å². The van der Waals surface area contributed by atoms with Gasteiger partial charge >= 0.3 is 0 Å². The number of allylic oxidation sites excluding steroid dienone is 8. The molecule has 0 amide bonds. The van der Waals surface area contributed by atoms with Gasteiger partial charge in [0.05, 0.1) is 0 Å². The van der Waals surface area contributed by atoms with Gasteiger partial charge in [-0.1, -0.05) is 153 Å². The molecule has 2 heterocycles. The summed E-state index contributed by atoms with van der Waals surface area (Å²) < 4.78 is 0. The lowest BCUT2D eigenvalue weighted by Gasteiger charge is -2.30. The first kappa shape index (κ1) is 33.0. The highest BCUT2D eigenvalue weighted by Gasteiger charge is 2.29. The Balaban J connectivity index is 1.15. The van der Waals surface area contributed by atoms with Gasteiger partial charge in [0.25, 0.3) is 0 Å². The molecule has 55 heavy (non-hydrogen) atoms. The molecule has 10 rings (SSSR count). The van der Waals surface area contributed by atoms with E-state index in [-0.39, 0.29) is 11.8 Å². The Bertz CT molecular complexity index is 2840. The standard InChI is InChI=1S/C53H40N2/c1-35-50(37-15-14-29-54-34-37)32-38(33-51(35)53-26-12-13-30-55-53)40-17-3-5-19-42(40)44-21-7-6-20-43(44)41-18-4-2-16-39(41)36-27-28-49-47-24-9-8-22-45(47)46-23-10-11-25-48(46)52(49)31-36/h2-4,6-18,20-35,51H,5,19H2,1H3. The molecular formula is C53H40N2. The predicted octanol–water partition coefficient (Wildman–Crippen LogP) is 13.8. The molecule has 2 atom stereocenters. The number of fused-ring (bicyclic) bond motifs is 6. The Labute approximate surface area is 322 Å². The molecular weight excluding hydrogens is 665 g/mol. The SMILES string of the molecule is CC1C(c2cccnc2)=CC(C2=C(c3ccccc3-c3ccccc3-c3ccc4c5ccccc5c5ccccc5c4c3)CCC=C2)=CC1c1ccccn1. The molecule has 0 saturated carbocycles. The zero-order valence-corrected chi connectivity index (χ0v) is 30.9. The zero-order chi connectivity index (χ0) is 36.7. The fraction of sp³-hybridized carbons (Fsp3) is 0.0943. The van der Waals surface area contributed by atoms with E-state index in [0.29, 0.717) is 0 Å². The maximum Gasteiger partial charge on any atom is 0.0478 e. The van der Waals surface area contributed by atoms with E-state index in [9.17, 15) is 0 Å². The van der Waals surface area contributed by atoms with Gasteiger partial charge in [-0.3, -0.25) is 9.97 Å². The monoisotopic (exact) mass is 704 g/mol. The first-order valence-corrected chi connectivity index (χ1v) is 19.4. The van der Waals surface area contributed by atoms with Crippen molar-refractivity contribution in [3.63, 3.8) is 0 Å². The maximum atomic E-state index is 4.86. The van der Waals surface area contributed by atoms with Gasteiger partial charge in [0.1, 0.15) is 0 Å². The van der Waals surface area contributed by atoms with Crippen molar-refractivity contribution in [2.24, 2.45) is 5.92 Å². The van der Waals surface area contributed by atoms with E-state index in [1.807, 2.05) is 30.7 Å². The van der Waals surface area contributed by atoms with Crippen LogP contribution in [0, 0.1) is 5.92 Å². The molecule has 2 unspecified atom stereocenters. The van der Waals surface area contributed by atoms with Crippen LogP contribution in [-0.4, -0.2) is 9.97 Å². The van der Waals surface area contributed by atoms with Crippen LogP contribution in [0.3, 0.4) is 0 Å². The normalized spacial score (nSPS) is 17.1. The van der Waals surface area contributed by atoms with Gasteiger partial charge < -0.3 is 0 Å². The Hall–Kier alpha value is -6.64. The van der Waals surface area contributed by atoms with Gasteiger partial charge in [-0.2, -0.15) is 0 Å². The lowest BCUT2D eigenvalue weighted by atomic mass is 9.74. The molecule has 6 aromatic carbocycles. The summed E-state index contributed by atoms with van der Waals surface area (Å²) in [4.78, 5) is 9.37. The van der Waals surface area contributed by atoms with Crippen molar-refractivity contribution in [3.05, 3.63) is 216 Å². The van der Waals surface area contributed by atoms with Crippen molar-refractivity contribution in [2.75, 3.05) is 0 Å². The molecule has 2 heteroatoms. The fourth-order valence-electron chi connectivity index (χ4n) is 9.08. The van der Waals surface area contributed by atoms with Gasteiger partial charge in [-0.15, -0.1) is 0 Å². The van der Waals surface area contributed by atoms with Crippen LogP contribution >= 0.6 is 0 Å². The average Bonchev–Trinajstić information content (AvgIpc) is 3.27. The maximum absolute atomic E-state index is 4.86. The second-order valence-electron chi connectivity index (χ2n) is 14.8. The zero-order valence-electron chi connectivity index (χ0n) is 30.9.